The van der Waals surface area contributed by atoms with E-state index in [4.69, 9.17) is 15.4 Å². The fourth-order valence-corrected chi connectivity index (χ4v) is 5.34. The Balaban J connectivity index is 1.55. The minimum absolute atomic E-state index is 0.0385. The van der Waals surface area contributed by atoms with Crippen LogP contribution < -0.4 is 0 Å². The van der Waals surface area contributed by atoms with Gasteiger partial charge in [0, 0.05) is 10.8 Å². The molecule has 1 aromatic heterocycles. The van der Waals surface area contributed by atoms with Crippen molar-refractivity contribution in [2.45, 2.75) is 0 Å². The largest absolute Gasteiger partial charge is 0.456 e. The minimum atomic E-state index is -0.656. The van der Waals surface area contributed by atoms with Crippen LogP contribution in [-0.2, 0) is 0 Å². The van der Waals surface area contributed by atoms with Crippen LogP contribution in [0.3, 0.4) is 0 Å². The molecule has 8 rings (SSSR count). The number of fused-ring (bicyclic) bond motifs is 5. The lowest BCUT2D eigenvalue weighted by molar-refractivity contribution is 0.669. The van der Waals surface area contributed by atoms with Crippen molar-refractivity contribution in [2.24, 2.45) is 0 Å². The maximum atomic E-state index is 9.64. The van der Waals surface area contributed by atoms with Crippen LogP contribution in [0.4, 0.5) is 0 Å². The van der Waals surface area contributed by atoms with E-state index < -0.39 is 53.9 Å². The highest BCUT2D eigenvalue weighted by Gasteiger charge is 2.17. The topological polar surface area (TPSA) is 13.1 Å². The smallest absolute Gasteiger partial charge is 0.135 e. The molecule has 8 aromatic rings. The third kappa shape index (κ3) is 3.48. The summed E-state index contributed by atoms with van der Waals surface area (Å²) >= 11 is 0. The molecule has 0 aliphatic heterocycles. The van der Waals surface area contributed by atoms with Crippen molar-refractivity contribution in [1.29, 1.82) is 0 Å². The molecule has 0 atom stereocenters. The van der Waals surface area contributed by atoms with E-state index in [-0.39, 0.29) is 51.2 Å². The van der Waals surface area contributed by atoms with Crippen molar-refractivity contribution >= 4 is 43.5 Å². The summed E-state index contributed by atoms with van der Waals surface area (Å²) in [7, 11) is 0. The Labute approximate surface area is 242 Å². The van der Waals surface area contributed by atoms with Gasteiger partial charge in [0.25, 0.3) is 0 Å². The van der Waals surface area contributed by atoms with Gasteiger partial charge in [0.05, 0.1) is 15.1 Å². The van der Waals surface area contributed by atoms with Crippen molar-refractivity contribution in [3.05, 3.63) is 145 Å². The first-order valence-corrected chi connectivity index (χ1v) is 12.5. The lowest BCUT2D eigenvalue weighted by Gasteiger charge is -2.17. The molecule has 39 heavy (non-hydrogen) atoms. The molecule has 0 aliphatic carbocycles. The molecule has 0 radical (unpaired) electrons. The predicted molar refractivity (Wildman–Crippen MR) is 165 cm³/mol. The summed E-state index contributed by atoms with van der Waals surface area (Å²) in [6.07, 6.45) is 0. The van der Waals surface area contributed by atoms with Gasteiger partial charge in [-0.1, -0.05) is 121 Å². The maximum absolute atomic E-state index is 9.64. The fourth-order valence-electron chi connectivity index (χ4n) is 5.34. The third-order valence-corrected chi connectivity index (χ3v) is 7.00. The van der Waals surface area contributed by atoms with Gasteiger partial charge >= 0.3 is 0 Å². The number of furan rings is 1. The van der Waals surface area contributed by atoms with Gasteiger partial charge in [0.1, 0.15) is 11.2 Å². The first-order chi connectivity index (χ1) is 24.0. The van der Waals surface area contributed by atoms with E-state index in [1.165, 1.54) is 0 Å². The van der Waals surface area contributed by atoms with Gasteiger partial charge in [-0.05, 0) is 79.1 Å². The number of hydrogen-bond acceptors (Lipinski definition) is 1. The molecule has 1 heterocycles. The van der Waals surface area contributed by atoms with Gasteiger partial charge in [-0.2, -0.15) is 0 Å². The highest BCUT2D eigenvalue weighted by Crippen LogP contribution is 2.44. The Morgan fingerprint density at radius 3 is 1.46 bits per heavy atom. The number of benzene rings is 7. The average molecular weight is 508 g/mol. The molecule has 1 heteroatoms. The zero-order valence-electron chi connectivity index (χ0n) is 31.4. The number of hydrogen-bond donors (Lipinski definition) is 0. The SMILES string of the molecule is [2H]c1c([2H])c([2H])c(-c2c([2H])c([2H])c3oc4c([2H])c([2H])c(-c5c6ccccc6c(-c6ccccc6)c6ccccc56)c([2H])c4c3c2[2H])c([2H])c1[2H]. The molecule has 1 nitrogen and oxygen atoms in total. The highest BCUT2D eigenvalue weighted by atomic mass is 16.3. The lowest BCUT2D eigenvalue weighted by Crippen LogP contribution is -1.90. The Morgan fingerprint density at radius 1 is 0.385 bits per heavy atom. The standard InChI is InChI=1S/C38H24O/c1-3-11-25(12-4-1)27-19-21-35-33(23-27)34-24-28(20-22-36(34)39-35)38-31-17-9-7-15-29(31)37(26-13-5-2-6-14-26)30-16-8-10-18-32(30)38/h1-24H/i1D,3D,4D,11D,12D,19D,20D,21D,22D,23D,24D. The van der Waals surface area contributed by atoms with E-state index in [0.717, 1.165) is 32.7 Å². The van der Waals surface area contributed by atoms with Gasteiger partial charge in [-0.15, -0.1) is 0 Å². The maximum Gasteiger partial charge on any atom is 0.135 e. The van der Waals surface area contributed by atoms with E-state index in [9.17, 15) is 4.11 Å². The molecule has 0 aliphatic rings. The zero-order valence-corrected chi connectivity index (χ0v) is 20.4. The molecule has 0 bridgehead atoms. The van der Waals surface area contributed by atoms with Crippen molar-refractivity contribution in [3.8, 4) is 33.4 Å². The average Bonchev–Trinajstić information content (AvgIpc) is 3.54. The van der Waals surface area contributed by atoms with Crippen LogP contribution in [0.5, 0.6) is 0 Å². The second-order valence-electron chi connectivity index (χ2n) is 9.22. The summed E-state index contributed by atoms with van der Waals surface area (Å²) in [6.45, 7) is 0. The minimum Gasteiger partial charge on any atom is -0.456 e. The zero-order chi connectivity index (χ0) is 35.3. The van der Waals surface area contributed by atoms with Crippen LogP contribution in [0.2, 0.25) is 0 Å². The first kappa shape index (κ1) is 13.6. The molecule has 182 valence electrons. The van der Waals surface area contributed by atoms with E-state index in [1.807, 2.05) is 78.9 Å². The molecule has 0 spiro atoms. The summed E-state index contributed by atoms with van der Waals surface area (Å²) in [5, 5.41) is 3.05. The quantitative estimate of drug-likeness (QED) is 0.217. The van der Waals surface area contributed by atoms with E-state index >= 15 is 0 Å². The van der Waals surface area contributed by atoms with Crippen molar-refractivity contribution < 1.29 is 19.5 Å². The highest BCUT2D eigenvalue weighted by molar-refractivity contribution is 6.22. The molecule has 0 fully saturated rings. The van der Waals surface area contributed by atoms with Crippen molar-refractivity contribution in [1.82, 2.24) is 0 Å². The number of rotatable bonds is 3. The molecular weight excluding hydrogens is 472 g/mol. The monoisotopic (exact) mass is 507 g/mol. The molecule has 0 saturated carbocycles. The first-order valence-electron chi connectivity index (χ1n) is 18.0. The van der Waals surface area contributed by atoms with Gasteiger partial charge in [0.2, 0.25) is 0 Å². The van der Waals surface area contributed by atoms with Crippen molar-refractivity contribution in [2.75, 3.05) is 0 Å². The molecule has 0 N–H and O–H groups in total. The van der Waals surface area contributed by atoms with Crippen LogP contribution >= 0.6 is 0 Å². The summed E-state index contributed by atoms with van der Waals surface area (Å²) in [5.74, 6) is 0. The normalized spacial score (nSPS) is 15.5. The molecular formula is C38H24O. The Hall–Kier alpha value is -5.14. The van der Waals surface area contributed by atoms with Crippen molar-refractivity contribution in [3.63, 3.8) is 0 Å². The van der Waals surface area contributed by atoms with E-state index in [0.29, 0.717) is 5.56 Å². The summed E-state index contributed by atoms with van der Waals surface area (Å²) in [4.78, 5) is 0. The Kier molecular flexibility index (Phi) is 3.04. The van der Waals surface area contributed by atoms with Gasteiger partial charge < -0.3 is 4.42 Å². The summed E-state index contributed by atoms with van der Waals surface area (Å²) in [6, 6.07) is 19.5. The van der Waals surface area contributed by atoms with Crippen LogP contribution in [0.15, 0.2) is 150 Å². The Morgan fingerprint density at radius 2 is 0.872 bits per heavy atom. The van der Waals surface area contributed by atoms with Gasteiger partial charge in [0.15, 0.2) is 0 Å². The van der Waals surface area contributed by atoms with Crippen LogP contribution in [0, 0.1) is 0 Å². The van der Waals surface area contributed by atoms with Crippen LogP contribution in [0.25, 0.3) is 76.9 Å². The summed E-state index contributed by atoms with van der Waals surface area (Å²) < 4.78 is 102. The molecule has 0 unspecified atom stereocenters. The van der Waals surface area contributed by atoms with E-state index in [2.05, 4.69) is 0 Å². The lowest BCUT2D eigenvalue weighted by atomic mass is 9.86. The fraction of sp³-hybridized carbons (Fsp3) is 0. The van der Waals surface area contributed by atoms with Crippen LogP contribution in [-0.4, -0.2) is 0 Å². The molecule has 0 saturated heterocycles. The molecule has 0 amide bonds. The second kappa shape index (κ2) is 8.72. The third-order valence-electron chi connectivity index (χ3n) is 7.00. The Bertz CT molecular complexity index is 2680. The van der Waals surface area contributed by atoms with Gasteiger partial charge in [-0.25, -0.2) is 0 Å². The second-order valence-corrected chi connectivity index (χ2v) is 9.22. The summed E-state index contributed by atoms with van der Waals surface area (Å²) in [5.41, 5.74) is 1.32. The molecule has 7 aromatic carbocycles. The van der Waals surface area contributed by atoms with E-state index in [1.54, 1.807) is 0 Å². The van der Waals surface area contributed by atoms with Crippen LogP contribution in [0.1, 0.15) is 15.1 Å². The van der Waals surface area contributed by atoms with Gasteiger partial charge in [-0.3, -0.25) is 0 Å². The predicted octanol–water partition coefficient (Wildman–Crippen LogP) is 10.9.